The van der Waals surface area contributed by atoms with E-state index in [2.05, 4.69) is 38.5 Å². The van der Waals surface area contributed by atoms with Gasteiger partial charge in [-0.05, 0) is 37.5 Å². The van der Waals surface area contributed by atoms with Crippen LogP contribution in [0.4, 0.5) is 0 Å². The first-order valence-electron chi connectivity index (χ1n) is 7.06. The summed E-state index contributed by atoms with van der Waals surface area (Å²) in [5.74, 6) is 0.0561. The third-order valence-corrected chi connectivity index (χ3v) is 5.19. The van der Waals surface area contributed by atoms with Gasteiger partial charge in [0.2, 0.25) is 0 Å². The summed E-state index contributed by atoms with van der Waals surface area (Å²) in [6, 6.07) is 6.40. The largest absolute Gasteiger partial charge is 0.481 e. The van der Waals surface area contributed by atoms with Crippen LogP contribution in [0.15, 0.2) is 27.8 Å². The van der Waals surface area contributed by atoms with E-state index in [9.17, 15) is 4.79 Å². The standard InChI is InChI=1S/C15H17BrN2O2S/c1-9(6-10-2-3-10)18-13-5-4-11(16)7-12(13)17-15(18)21-8-14(19)20/h4-5,7,9-10H,2-3,6,8H2,1H3,(H,19,20). The molecule has 2 aromatic rings. The molecule has 1 aromatic heterocycles. The fourth-order valence-electron chi connectivity index (χ4n) is 2.65. The summed E-state index contributed by atoms with van der Waals surface area (Å²) in [6.07, 6.45) is 3.78. The van der Waals surface area contributed by atoms with E-state index in [0.717, 1.165) is 33.0 Å². The molecule has 0 aliphatic heterocycles. The van der Waals surface area contributed by atoms with Crippen LogP contribution in [-0.4, -0.2) is 26.4 Å². The predicted molar refractivity (Wildman–Crippen MR) is 87.8 cm³/mol. The van der Waals surface area contributed by atoms with Crippen molar-refractivity contribution in [3.8, 4) is 0 Å². The second-order valence-electron chi connectivity index (χ2n) is 5.61. The molecule has 4 nitrogen and oxygen atoms in total. The summed E-state index contributed by atoms with van der Waals surface area (Å²) < 4.78 is 3.19. The van der Waals surface area contributed by atoms with Crippen molar-refractivity contribution in [2.24, 2.45) is 5.92 Å². The first-order valence-corrected chi connectivity index (χ1v) is 8.84. The highest BCUT2D eigenvalue weighted by atomic mass is 79.9. The van der Waals surface area contributed by atoms with Crippen LogP contribution >= 0.6 is 27.7 Å². The van der Waals surface area contributed by atoms with Gasteiger partial charge in [0, 0.05) is 10.5 Å². The van der Waals surface area contributed by atoms with Gasteiger partial charge in [-0.1, -0.05) is 40.5 Å². The van der Waals surface area contributed by atoms with Gasteiger partial charge in [0.15, 0.2) is 5.16 Å². The zero-order chi connectivity index (χ0) is 15.0. The monoisotopic (exact) mass is 368 g/mol. The lowest BCUT2D eigenvalue weighted by atomic mass is 10.1. The summed E-state index contributed by atoms with van der Waals surface area (Å²) in [5.41, 5.74) is 2.00. The minimum Gasteiger partial charge on any atom is -0.481 e. The number of carboxylic acid groups (broad SMARTS) is 1. The number of carbonyl (C=O) groups is 1. The average molecular weight is 369 g/mol. The summed E-state index contributed by atoms with van der Waals surface area (Å²) in [7, 11) is 0. The Morgan fingerprint density at radius 2 is 2.33 bits per heavy atom. The van der Waals surface area contributed by atoms with E-state index in [0.29, 0.717) is 6.04 Å². The van der Waals surface area contributed by atoms with Crippen LogP contribution in [0.25, 0.3) is 11.0 Å². The summed E-state index contributed by atoms with van der Waals surface area (Å²) in [4.78, 5) is 15.5. The molecule has 0 spiro atoms. The van der Waals surface area contributed by atoms with E-state index in [4.69, 9.17) is 5.11 Å². The van der Waals surface area contributed by atoms with Crippen molar-refractivity contribution in [2.45, 2.75) is 37.4 Å². The maximum atomic E-state index is 10.8. The van der Waals surface area contributed by atoms with Gasteiger partial charge in [-0.25, -0.2) is 4.98 Å². The minimum absolute atomic E-state index is 0.0423. The number of rotatable bonds is 6. The van der Waals surface area contributed by atoms with E-state index in [1.807, 2.05) is 12.1 Å². The molecule has 1 aromatic carbocycles. The van der Waals surface area contributed by atoms with E-state index >= 15 is 0 Å². The lowest BCUT2D eigenvalue weighted by Gasteiger charge is -2.16. The highest BCUT2D eigenvalue weighted by molar-refractivity contribution is 9.10. The molecule has 1 unspecified atom stereocenters. The van der Waals surface area contributed by atoms with Gasteiger partial charge < -0.3 is 9.67 Å². The van der Waals surface area contributed by atoms with Crippen molar-refractivity contribution in [1.29, 1.82) is 0 Å². The topological polar surface area (TPSA) is 55.1 Å². The van der Waals surface area contributed by atoms with Crippen molar-refractivity contribution in [3.05, 3.63) is 22.7 Å². The fraction of sp³-hybridized carbons (Fsp3) is 0.467. The van der Waals surface area contributed by atoms with Crippen molar-refractivity contribution < 1.29 is 9.90 Å². The Kier molecular flexibility index (Phi) is 4.26. The Bertz CT molecular complexity index is 682. The Morgan fingerprint density at radius 3 is 3.00 bits per heavy atom. The van der Waals surface area contributed by atoms with Crippen LogP contribution in [0.3, 0.4) is 0 Å². The lowest BCUT2D eigenvalue weighted by molar-refractivity contribution is -0.133. The smallest absolute Gasteiger partial charge is 0.313 e. The first kappa shape index (κ1) is 14.9. The molecule has 6 heteroatoms. The number of halogens is 1. The van der Waals surface area contributed by atoms with Crippen LogP contribution in [0.1, 0.15) is 32.2 Å². The molecule has 1 saturated carbocycles. The quantitative estimate of drug-likeness (QED) is 0.770. The number of hydrogen-bond donors (Lipinski definition) is 1. The molecular weight excluding hydrogens is 352 g/mol. The number of aliphatic carboxylic acids is 1. The molecule has 1 heterocycles. The molecule has 1 fully saturated rings. The number of fused-ring (bicyclic) bond motifs is 1. The van der Waals surface area contributed by atoms with E-state index in [-0.39, 0.29) is 5.75 Å². The highest BCUT2D eigenvalue weighted by Gasteiger charge is 2.26. The second-order valence-corrected chi connectivity index (χ2v) is 7.47. The van der Waals surface area contributed by atoms with Gasteiger partial charge in [-0.2, -0.15) is 0 Å². The Labute approximate surface area is 136 Å². The predicted octanol–water partition coefficient (Wildman–Crippen LogP) is 4.34. The minimum atomic E-state index is -0.811. The maximum Gasteiger partial charge on any atom is 0.313 e. The van der Waals surface area contributed by atoms with Gasteiger partial charge in [0.05, 0.1) is 16.8 Å². The summed E-state index contributed by atoms with van der Waals surface area (Å²) in [5, 5.41) is 9.72. The van der Waals surface area contributed by atoms with E-state index in [1.54, 1.807) is 0 Å². The van der Waals surface area contributed by atoms with Crippen LogP contribution in [0, 0.1) is 5.92 Å². The molecule has 21 heavy (non-hydrogen) atoms. The number of imidazole rings is 1. The molecule has 112 valence electrons. The van der Waals surface area contributed by atoms with Crippen LogP contribution in [-0.2, 0) is 4.79 Å². The number of carboxylic acids is 1. The number of hydrogen-bond acceptors (Lipinski definition) is 3. The normalized spacial score (nSPS) is 16.3. The lowest BCUT2D eigenvalue weighted by Crippen LogP contribution is -2.08. The van der Waals surface area contributed by atoms with Gasteiger partial charge in [0.25, 0.3) is 0 Å². The van der Waals surface area contributed by atoms with E-state index < -0.39 is 5.97 Å². The van der Waals surface area contributed by atoms with E-state index in [1.165, 1.54) is 24.6 Å². The average Bonchev–Trinajstić information content (AvgIpc) is 3.15. The molecule has 0 amide bonds. The Morgan fingerprint density at radius 1 is 1.57 bits per heavy atom. The molecular formula is C15H17BrN2O2S. The van der Waals surface area contributed by atoms with Gasteiger partial charge in [0.1, 0.15) is 0 Å². The molecule has 0 bridgehead atoms. The SMILES string of the molecule is CC(CC1CC1)n1c(SCC(=O)O)nc2cc(Br)ccc21. The van der Waals surface area contributed by atoms with Crippen molar-refractivity contribution >= 4 is 44.7 Å². The first-order chi connectivity index (χ1) is 10.0. The van der Waals surface area contributed by atoms with Gasteiger partial charge in [-0.15, -0.1) is 0 Å². The Hall–Kier alpha value is -1.01. The third-order valence-electron chi connectivity index (χ3n) is 3.76. The molecule has 1 aliphatic rings. The van der Waals surface area contributed by atoms with Crippen LogP contribution < -0.4 is 0 Å². The zero-order valence-corrected chi connectivity index (χ0v) is 14.2. The molecule has 1 N–H and O–H groups in total. The van der Waals surface area contributed by atoms with Crippen molar-refractivity contribution in [2.75, 3.05) is 5.75 Å². The second kappa shape index (κ2) is 6.01. The van der Waals surface area contributed by atoms with Crippen LogP contribution in [0.2, 0.25) is 0 Å². The fourth-order valence-corrected chi connectivity index (χ4v) is 3.83. The molecule has 1 atom stereocenters. The molecule has 0 saturated heterocycles. The van der Waals surface area contributed by atoms with Crippen molar-refractivity contribution in [3.63, 3.8) is 0 Å². The van der Waals surface area contributed by atoms with Gasteiger partial charge in [-0.3, -0.25) is 4.79 Å². The summed E-state index contributed by atoms with van der Waals surface area (Å²) in [6.45, 7) is 2.20. The number of nitrogens with zero attached hydrogens (tertiary/aromatic N) is 2. The Balaban J connectivity index is 1.98. The highest BCUT2D eigenvalue weighted by Crippen LogP contribution is 2.39. The number of benzene rings is 1. The van der Waals surface area contributed by atoms with Crippen LogP contribution in [0.5, 0.6) is 0 Å². The zero-order valence-electron chi connectivity index (χ0n) is 11.8. The maximum absolute atomic E-state index is 10.8. The molecule has 1 aliphatic carbocycles. The number of thioether (sulfide) groups is 1. The molecule has 3 rings (SSSR count). The number of aromatic nitrogens is 2. The summed E-state index contributed by atoms with van der Waals surface area (Å²) >= 11 is 4.77. The molecule has 0 radical (unpaired) electrons. The van der Waals surface area contributed by atoms with Gasteiger partial charge >= 0.3 is 5.97 Å². The van der Waals surface area contributed by atoms with Crippen molar-refractivity contribution in [1.82, 2.24) is 9.55 Å². The third kappa shape index (κ3) is 3.43.